The highest BCUT2D eigenvalue weighted by Gasteiger charge is 2.58. The molecule has 1 unspecified atom stereocenters. The third-order valence-corrected chi connectivity index (χ3v) is 7.89. The molecule has 0 radical (unpaired) electrons. The molecule has 1 atom stereocenters. The van der Waals surface area contributed by atoms with Crippen molar-refractivity contribution in [3.63, 3.8) is 0 Å². The number of hydrogen-bond acceptors (Lipinski definition) is 0. The van der Waals surface area contributed by atoms with E-state index in [1.165, 1.54) is 0 Å². The first-order chi connectivity index (χ1) is 9.01. The van der Waals surface area contributed by atoms with E-state index >= 15 is 0 Å². The molecule has 0 fully saturated rings. The van der Waals surface area contributed by atoms with Crippen LogP contribution in [0.15, 0.2) is 28.0 Å². The first-order valence-corrected chi connectivity index (χ1v) is 8.92. The van der Waals surface area contributed by atoms with Crippen LogP contribution < -0.4 is 0 Å². The molecule has 0 aromatic heterocycles. The Balaban J connectivity index is 2.72. The monoisotopic (exact) mass is 322 g/mol. The highest BCUT2D eigenvalue weighted by Crippen LogP contribution is 2.82. The molecule has 0 bridgehead atoms. The van der Waals surface area contributed by atoms with Gasteiger partial charge in [-0.15, -0.1) is 0 Å². The highest BCUT2D eigenvalue weighted by atomic mass is 35.7. The van der Waals surface area contributed by atoms with Crippen molar-refractivity contribution in [2.45, 2.75) is 44.5 Å². The van der Waals surface area contributed by atoms with Crippen molar-refractivity contribution < 1.29 is 13.2 Å². The van der Waals surface area contributed by atoms with Gasteiger partial charge in [-0.3, -0.25) is 0 Å². The molecular weight excluding hydrogens is 305 g/mol. The molecule has 0 aliphatic carbocycles. The molecule has 5 heteroatoms. The molecule has 1 aromatic carbocycles. The van der Waals surface area contributed by atoms with Crippen LogP contribution >= 0.6 is 19.9 Å². The van der Waals surface area contributed by atoms with E-state index < -0.39 is 20.2 Å². The van der Waals surface area contributed by atoms with Crippen LogP contribution in [0.3, 0.4) is 0 Å². The number of aryl methyl sites for hydroxylation is 1. The fourth-order valence-corrected chi connectivity index (χ4v) is 6.25. The average Bonchev–Trinajstić information content (AvgIpc) is 2.63. The Hall–Kier alpha value is -0.610. The summed E-state index contributed by atoms with van der Waals surface area (Å²) in [6, 6.07) is 5.25. The van der Waals surface area contributed by atoms with Gasteiger partial charge in [0.2, 0.25) is 0 Å². The highest BCUT2D eigenvalue weighted by molar-refractivity contribution is 8.54. The van der Waals surface area contributed by atoms with Crippen molar-refractivity contribution in [1.82, 2.24) is 0 Å². The van der Waals surface area contributed by atoms with Crippen molar-refractivity contribution in [3.05, 3.63) is 34.2 Å². The van der Waals surface area contributed by atoms with Crippen LogP contribution in [0.4, 0.5) is 13.2 Å². The summed E-state index contributed by atoms with van der Waals surface area (Å²) in [5.41, 5.74) is -3.56. The van der Waals surface area contributed by atoms with E-state index in [1.54, 1.807) is 39.0 Å². The molecule has 1 aliphatic rings. The maximum Gasteiger partial charge on any atom is 0.445 e. The SMILES string of the molecule is CCc1ccc2c(c1)S(Cl)(C(F)(F)F)C(C(C)(C)C)=C2. The molecule has 0 nitrogen and oxygen atoms in total. The molecule has 0 spiro atoms. The van der Waals surface area contributed by atoms with Gasteiger partial charge in [0.25, 0.3) is 0 Å². The Morgan fingerprint density at radius 3 is 2.20 bits per heavy atom. The lowest BCUT2D eigenvalue weighted by Crippen LogP contribution is -2.22. The normalized spacial score (nSPS) is 25.9. The van der Waals surface area contributed by atoms with Gasteiger partial charge < -0.3 is 0 Å². The molecule has 1 aromatic rings. The zero-order valence-electron chi connectivity index (χ0n) is 11.9. The predicted molar refractivity (Wildman–Crippen MR) is 81.0 cm³/mol. The summed E-state index contributed by atoms with van der Waals surface area (Å²) >= 11 is 0. The molecule has 0 N–H and O–H groups in total. The topological polar surface area (TPSA) is 0 Å². The van der Waals surface area contributed by atoms with Gasteiger partial charge in [-0.05, 0) is 59.9 Å². The molecule has 0 amide bonds. The Labute approximate surface area is 123 Å². The summed E-state index contributed by atoms with van der Waals surface area (Å²) < 4.78 is 41.1. The van der Waals surface area contributed by atoms with Crippen LogP contribution in [0.5, 0.6) is 0 Å². The van der Waals surface area contributed by atoms with Crippen molar-refractivity contribution >= 4 is 26.0 Å². The van der Waals surface area contributed by atoms with Crippen LogP contribution in [-0.4, -0.2) is 5.51 Å². The molecular formula is C15H18ClF3S. The zero-order valence-corrected chi connectivity index (χ0v) is 13.5. The van der Waals surface area contributed by atoms with Crippen LogP contribution in [0, 0.1) is 5.41 Å². The molecule has 1 heterocycles. The molecule has 1 aliphatic heterocycles. The van der Waals surface area contributed by atoms with E-state index in [9.17, 15) is 13.2 Å². The lowest BCUT2D eigenvalue weighted by molar-refractivity contribution is -0.0362. The summed E-state index contributed by atoms with van der Waals surface area (Å²) in [5, 5.41) is 0. The summed E-state index contributed by atoms with van der Waals surface area (Å²) in [6.07, 6.45) is 2.33. The molecule has 20 heavy (non-hydrogen) atoms. The number of rotatable bonds is 1. The first kappa shape index (κ1) is 15.8. The first-order valence-electron chi connectivity index (χ1n) is 6.46. The fourth-order valence-electron chi connectivity index (χ4n) is 2.39. The Kier molecular flexibility index (Phi) is 3.71. The van der Waals surface area contributed by atoms with E-state index in [4.69, 9.17) is 10.7 Å². The molecule has 0 saturated heterocycles. The summed E-state index contributed by atoms with van der Waals surface area (Å²) in [7, 11) is 2.77. The molecule has 0 saturated carbocycles. The lowest BCUT2D eigenvalue weighted by Gasteiger charge is -2.40. The number of benzene rings is 1. The molecule has 2 rings (SSSR count). The van der Waals surface area contributed by atoms with Gasteiger partial charge in [-0.25, -0.2) is 0 Å². The number of allylic oxidation sites excluding steroid dienone is 1. The smallest absolute Gasteiger partial charge is 0.160 e. The van der Waals surface area contributed by atoms with Gasteiger partial charge in [0.15, 0.2) is 0 Å². The van der Waals surface area contributed by atoms with Gasteiger partial charge in [-0.2, -0.15) is 13.2 Å². The average molecular weight is 323 g/mol. The quantitative estimate of drug-likeness (QED) is 0.554. The number of hydrogen-bond donors (Lipinski definition) is 0. The van der Waals surface area contributed by atoms with Crippen molar-refractivity contribution in [3.8, 4) is 0 Å². The van der Waals surface area contributed by atoms with Crippen LogP contribution in [0.2, 0.25) is 0 Å². The zero-order chi connectivity index (χ0) is 15.3. The van der Waals surface area contributed by atoms with Gasteiger partial charge >= 0.3 is 5.51 Å². The Morgan fingerprint density at radius 2 is 1.75 bits per heavy atom. The van der Waals surface area contributed by atoms with Gasteiger partial charge in [0.1, 0.15) is 0 Å². The van der Waals surface area contributed by atoms with Crippen LogP contribution in [-0.2, 0) is 6.42 Å². The number of halogens is 4. The fraction of sp³-hybridized carbons (Fsp3) is 0.467. The Morgan fingerprint density at radius 1 is 1.15 bits per heavy atom. The largest absolute Gasteiger partial charge is 0.445 e. The second-order valence-electron chi connectivity index (χ2n) is 5.97. The summed E-state index contributed by atoms with van der Waals surface area (Å²) in [5.74, 6) is 0. The van der Waals surface area contributed by atoms with E-state index in [2.05, 4.69) is 0 Å². The van der Waals surface area contributed by atoms with Crippen LogP contribution in [0.1, 0.15) is 38.8 Å². The van der Waals surface area contributed by atoms with Crippen molar-refractivity contribution in [1.29, 1.82) is 0 Å². The second-order valence-corrected chi connectivity index (χ2v) is 9.77. The van der Waals surface area contributed by atoms with Gasteiger partial charge in [0, 0.05) is 4.90 Å². The van der Waals surface area contributed by atoms with E-state index in [0.717, 1.165) is 5.56 Å². The van der Waals surface area contributed by atoms with E-state index in [0.29, 0.717) is 16.9 Å². The minimum atomic E-state index is -4.44. The third-order valence-electron chi connectivity index (χ3n) is 3.44. The number of alkyl halides is 3. The minimum Gasteiger partial charge on any atom is -0.160 e. The number of fused-ring (bicyclic) bond motifs is 1. The van der Waals surface area contributed by atoms with Crippen molar-refractivity contribution in [2.24, 2.45) is 5.41 Å². The van der Waals surface area contributed by atoms with Crippen LogP contribution in [0.25, 0.3) is 6.08 Å². The summed E-state index contributed by atoms with van der Waals surface area (Å²) in [6.45, 7) is 7.26. The van der Waals surface area contributed by atoms with Gasteiger partial charge in [0.05, 0.1) is 0 Å². The van der Waals surface area contributed by atoms with E-state index in [-0.39, 0.29) is 4.90 Å². The second kappa shape index (κ2) is 4.70. The summed E-state index contributed by atoms with van der Waals surface area (Å²) in [4.78, 5) is 0.540. The third kappa shape index (κ3) is 2.27. The van der Waals surface area contributed by atoms with Gasteiger partial charge in [-0.1, -0.05) is 39.8 Å². The predicted octanol–water partition coefficient (Wildman–Crippen LogP) is 6.49. The standard InChI is InChI=1S/C15H18ClF3S/c1-5-10-6-7-11-9-13(14(2,3)4)20(16,12(11)8-10)15(17,18)19/h6-9H,5H2,1-4H3. The van der Waals surface area contributed by atoms with E-state index in [1.807, 2.05) is 13.0 Å². The minimum absolute atomic E-state index is 0.246. The maximum absolute atomic E-state index is 13.7. The maximum atomic E-state index is 13.7. The molecule has 112 valence electrons. The lowest BCUT2D eigenvalue weighted by atomic mass is 9.95. The Bertz CT molecular complexity index is 569. The van der Waals surface area contributed by atoms with Crippen molar-refractivity contribution in [2.75, 3.05) is 0 Å².